The third kappa shape index (κ3) is 3.01. The highest BCUT2D eigenvalue weighted by Crippen LogP contribution is 2.33. The fourth-order valence-corrected chi connectivity index (χ4v) is 1.43. The van der Waals surface area contributed by atoms with Crippen LogP contribution in [0.5, 0.6) is 0 Å². The van der Waals surface area contributed by atoms with E-state index in [1.165, 1.54) is 6.26 Å². The third-order valence-electron chi connectivity index (χ3n) is 2.50. The minimum absolute atomic E-state index is 0.191. The van der Waals surface area contributed by atoms with Gasteiger partial charge in [-0.3, -0.25) is 0 Å². The second-order valence-electron chi connectivity index (χ2n) is 4.01. The molecular weight excluding hydrogens is 219 g/mol. The highest BCUT2D eigenvalue weighted by molar-refractivity contribution is 5.06. The van der Waals surface area contributed by atoms with Crippen LogP contribution in [0, 0.1) is 0 Å². The van der Waals surface area contributed by atoms with Crippen LogP contribution in [-0.2, 0) is 6.42 Å². The van der Waals surface area contributed by atoms with Crippen LogP contribution in [0.3, 0.4) is 0 Å². The van der Waals surface area contributed by atoms with Crippen molar-refractivity contribution in [1.82, 2.24) is 5.32 Å². The van der Waals surface area contributed by atoms with E-state index in [0.29, 0.717) is 18.7 Å². The average molecular weight is 235 g/mol. The van der Waals surface area contributed by atoms with Gasteiger partial charge in [-0.1, -0.05) is 6.92 Å². The van der Waals surface area contributed by atoms with E-state index < -0.39 is 11.7 Å². The molecule has 0 fully saturated rings. The molecule has 0 spiro atoms. The lowest BCUT2D eigenvalue weighted by atomic mass is 9.95. The number of halogens is 3. The summed E-state index contributed by atoms with van der Waals surface area (Å²) in [5, 5.41) is 2.54. The van der Waals surface area contributed by atoms with Gasteiger partial charge in [0.2, 0.25) is 0 Å². The Kier molecular flexibility index (Phi) is 4.02. The molecule has 0 aromatic carbocycles. The van der Waals surface area contributed by atoms with Gasteiger partial charge in [0.1, 0.15) is 11.3 Å². The Bertz CT molecular complexity index is 308. The first kappa shape index (κ1) is 13.1. The quantitative estimate of drug-likeness (QED) is 0.848. The molecule has 16 heavy (non-hydrogen) atoms. The molecule has 1 unspecified atom stereocenters. The second kappa shape index (κ2) is 4.91. The molecule has 1 heterocycles. The molecule has 0 aliphatic rings. The summed E-state index contributed by atoms with van der Waals surface area (Å²) in [4.78, 5) is 0. The van der Waals surface area contributed by atoms with Crippen LogP contribution in [-0.4, -0.2) is 18.3 Å². The Labute approximate surface area is 92.8 Å². The van der Waals surface area contributed by atoms with Gasteiger partial charge in [0.05, 0.1) is 6.26 Å². The summed E-state index contributed by atoms with van der Waals surface area (Å²) in [5.74, 6) is 0.337. The van der Waals surface area contributed by atoms with Gasteiger partial charge in [-0.15, -0.1) is 0 Å². The predicted molar refractivity (Wildman–Crippen MR) is 55.2 cm³/mol. The summed E-state index contributed by atoms with van der Waals surface area (Å²) >= 11 is 0. The van der Waals surface area contributed by atoms with Gasteiger partial charge in [0, 0.05) is 6.42 Å². The first-order chi connectivity index (χ1) is 7.39. The van der Waals surface area contributed by atoms with Crippen LogP contribution < -0.4 is 5.32 Å². The van der Waals surface area contributed by atoms with Gasteiger partial charge in [0.25, 0.3) is 0 Å². The minimum atomic E-state index is -4.30. The Morgan fingerprint density at radius 3 is 2.50 bits per heavy atom. The molecule has 0 saturated heterocycles. The Morgan fingerprint density at radius 1 is 1.38 bits per heavy atom. The van der Waals surface area contributed by atoms with Crippen molar-refractivity contribution in [2.24, 2.45) is 0 Å². The number of alkyl halides is 3. The molecule has 92 valence electrons. The summed E-state index contributed by atoms with van der Waals surface area (Å²) in [6.07, 6.45) is -2.45. The van der Waals surface area contributed by atoms with Crippen LogP contribution in [0.4, 0.5) is 13.2 Å². The van der Waals surface area contributed by atoms with Crippen LogP contribution in [0.15, 0.2) is 22.8 Å². The molecule has 1 atom stereocenters. The highest BCUT2D eigenvalue weighted by atomic mass is 19.4. The number of hydrogen-bond donors (Lipinski definition) is 1. The van der Waals surface area contributed by atoms with Crippen molar-refractivity contribution in [2.45, 2.75) is 38.4 Å². The lowest BCUT2D eigenvalue weighted by molar-refractivity contribution is -0.192. The topological polar surface area (TPSA) is 25.2 Å². The summed E-state index contributed by atoms with van der Waals surface area (Å²) in [5.41, 5.74) is -1.93. The fourth-order valence-electron chi connectivity index (χ4n) is 1.43. The van der Waals surface area contributed by atoms with Crippen LogP contribution in [0.2, 0.25) is 0 Å². The lowest BCUT2D eigenvalue weighted by Crippen LogP contribution is -2.56. The molecule has 0 radical (unpaired) electrons. The van der Waals surface area contributed by atoms with Crippen LogP contribution in [0.1, 0.15) is 26.0 Å². The van der Waals surface area contributed by atoms with E-state index in [0.717, 1.165) is 6.92 Å². The van der Waals surface area contributed by atoms with Gasteiger partial charge >= 0.3 is 6.18 Å². The van der Waals surface area contributed by atoms with Crippen LogP contribution in [0.25, 0.3) is 0 Å². The molecule has 1 N–H and O–H groups in total. The number of hydrogen-bond acceptors (Lipinski definition) is 2. The molecule has 2 nitrogen and oxygen atoms in total. The predicted octanol–water partition coefficient (Wildman–Crippen LogP) is 3.14. The minimum Gasteiger partial charge on any atom is -0.469 e. The zero-order chi connectivity index (χ0) is 12.2. The fraction of sp³-hybridized carbons (Fsp3) is 0.636. The summed E-state index contributed by atoms with van der Waals surface area (Å²) in [6, 6.07) is 3.14. The average Bonchev–Trinajstić information content (AvgIpc) is 2.65. The van der Waals surface area contributed by atoms with Crippen molar-refractivity contribution < 1.29 is 17.6 Å². The van der Waals surface area contributed by atoms with E-state index in [-0.39, 0.29) is 6.42 Å². The van der Waals surface area contributed by atoms with E-state index in [1.807, 2.05) is 6.92 Å². The number of nitrogens with one attached hydrogen (secondary N) is 1. The Morgan fingerprint density at radius 2 is 2.06 bits per heavy atom. The van der Waals surface area contributed by atoms with Crippen molar-refractivity contribution in [2.75, 3.05) is 6.54 Å². The molecule has 1 aromatic rings. The zero-order valence-electron chi connectivity index (χ0n) is 9.40. The van der Waals surface area contributed by atoms with Gasteiger partial charge in [-0.2, -0.15) is 13.2 Å². The summed E-state index contributed by atoms with van der Waals surface area (Å²) < 4.78 is 43.7. The Balaban J connectivity index is 2.78. The van der Waals surface area contributed by atoms with E-state index in [2.05, 4.69) is 5.32 Å². The number of furan rings is 1. The first-order valence-corrected chi connectivity index (χ1v) is 5.23. The van der Waals surface area contributed by atoms with Crippen molar-refractivity contribution in [3.63, 3.8) is 0 Å². The largest absolute Gasteiger partial charge is 0.469 e. The third-order valence-corrected chi connectivity index (χ3v) is 2.50. The maximum Gasteiger partial charge on any atom is 0.406 e. The van der Waals surface area contributed by atoms with Gasteiger partial charge in [-0.25, -0.2) is 0 Å². The molecule has 0 amide bonds. The monoisotopic (exact) mass is 235 g/mol. The van der Waals surface area contributed by atoms with Gasteiger partial charge in [0.15, 0.2) is 0 Å². The van der Waals surface area contributed by atoms with Crippen LogP contribution >= 0.6 is 0 Å². The summed E-state index contributed by atoms with van der Waals surface area (Å²) in [7, 11) is 0. The maximum absolute atomic E-state index is 12.9. The molecular formula is C11H16F3NO. The molecule has 5 heteroatoms. The van der Waals surface area contributed by atoms with Gasteiger partial charge < -0.3 is 9.73 Å². The van der Waals surface area contributed by atoms with Crippen molar-refractivity contribution in [1.29, 1.82) is 0 Å². The zero-order valence-corrected chi connectivity index (χ0v) is 9.40. The normalized spacial score (nSPS) is 16.1. The number of rotatable bonds is 5. The van der Waals surface area contributed by atoms with Crippen molar-refractivity contribution >= 4 is 0 Å². The lowest BCUT2D eigenvalue weighted by Gasteiger charge is -2.32. The highest BCUT2D eigenvalue weighted by Gasteiger charge is 2.51. The summed E-state index contributed by atoms with van der Waals surface area (Å²) in [6.45, 7) is 3.32. The van der Waals surface area contributed by atoms with Crippen molar-refractivity contribution in [3.8, 4) is 0 Å². The van der Waals surface area contributed by atoms with E-state index in [1.54, 1.807) is 12.1 Å². The second-order valence-corrected chi connectivity index (χ2v) is 4.01. The van der Waals surface area contributed by atoms with Crippen molar-refractivity contribution in [3.05, 3.63) is 24.2 Å². The molecule has 0 aliphatic heterocycles. The smallest absolute Gasteiger partial charge is 0.406 e. The maximum atomic E-state index is 12.9. The first-order valence-electron chi connectivity index (χ1n) is 5.23. The molecule has 1 aromatic heterocycles. The molecule has 1 rings (SSSR count). The Hall–Kier alpha value is -0.970. The molecule has 0 bridgehead atoms. The molecule has 0 saturated carbocycles. The van der Waals surface area contributed by atoms with E-state index in [9.17, 15) is 13.2 Å². The van der Waals surface area contributed by atoms with E-state index >= 15 is 0 Å². The SMILES string of the molecule is CCCNC(C)(Cc1ccco1)C(F)(F)F. The van der Waals surface area contributed by atoms with E-state index in [4.69, 9.17) is 4.42 Å². The standard InChI is InChI=1S/C11H16F3NO/c1-3-6-15-10(2,11(12,13)14)8-9-5-4-7-16-9/h4-5,7,15H,3,6,8H2,1-2H3. The molecule has 0 aliphatic carbocycles. The van der Waals surface area contributed by atoms with Gasteiger partial charge in [-0.05, 0) is 32.0 Å².